The summed E-state index contributed by atoms with van der Waals surface area (Å²) in [6, 6.07) is 6.09. The van der Waals surface area contributed by atoms with Gasteiger partial charge in [-0.15, -0.1) is 0 Å². The van der Waals surface area contributed by atoms with Crippen LogP contribution in [0.25, 0.3) is 10.8 Å². The number of aromatic nitrogens is 1. The van der Waals surface area contributed by atoms with Crippen LogP contribution in [-0.2, 0) is 17.5 Å². The Morgan fingerprint density at radius 3 is 2.63 bits per heavy atom. The van der Waals surface area contributed by atoms with Crippen LogP contribution in [0, 0.1) is 0 Å². The zero-order chi connectivity index (χ0) is 14.0. The van der Waals surface area contributed by atoms with Crippen molar-refractivity contribution in [1.29, 1.82) is 0 Å². The molecule has 19 heavy (non-hydrogen) atoms. The summed E-state index contributed by atoms with van der Waals surface area (Å²) in [6.45, 7) is 1.92. The lowest BCUT2D eigenvalue weighted by atomic mass is 10.1. The minimum absolute atomic E-state index is 0.0867. The van der Waals surface area contributed by atoms with Gasteiger partial charge in [0.05, 0.1) is 0 Å². The van der Waals surface area contributed by atoms with Crippen LogP contribution >= 0.6 is 0 Å². The minimum Gasteiger partial charge on any atom is -0.394 e. The fourth-order valence-electron chi connectivity index (χ4n) is 1.54. The highest BCUT2D eigenvalue weighted by Gasteiger charge is 2.40. The SMILES string of the molecule is CCc1cc2cc(OS(=O)C(F)(F)F)ccc2cn1. The minimum atomic E-state index is -4.89. The number of pyridine rings is 1. The van der Waals surface area contributed by atoms with Gasteiger partial charge in [-0.3, -0.25) is 4.98 Å². The van der Waals surface area contributed by atoms with E-state index in [9.17, 15) is 17.4 Å². The lowest BCUT2D eigenvalue weighted by Gasteiger charge is -2.08. The van der Waals surface area contributed by atoms with Crippen LogP contribution < -0.4 is 4.18 Å². The van der Waals surface area contributed by atoms with Crippen LogP contribution in [0.4, 0.5) is 13.2 Å². The maximum absolute atomic E-state index is 12.1. The van der Waals surface area contributed by atoms with E-state index in [0.29, 0.717) is 5.39 Å². The Morgan fingerprint density at radius 2 is 2.00 bits per heavy atom. The molecule has 2 aromatic rings. The Bertz CT molecular complexity index is 628. The number of benzene rings is 1. The van der Waals surface area contributed by atoms with Gasteiger partial charge in [-0.25, -0.2) is 4.21 Å². The first-order valence-corrected chi connectivity index (χ1v) is 6.53. The van der Waals surface area contributed by atoms with E-state index in [1.165, 1.54) is 12.1 Å². The molecule has 7 heteroatoms. The Labute approximate surface area is 110 Å². The molecule has 102 valence electrons. The molecule has 1 aromatic heterocycles. The van der Waals surface area contributed by atoms with Gasteiger partial charge in [0, 0.05) is 17.3 Å². The summed E-state index contributed by atoms with van der Waals surface area (Å²) >= 11 is -3.35. The smallest absolute Gasteiger partial charge is 0.394 e. The summed E-state index contributed by atoms with van der Waals surface area (Å²) in [7, 11) is 0. The first-order chi connectivity index (χ1) is 8.90. The molecule has 0 amide bonds. The zero-order valence-electron chi connectivity index (χ0n) is 9.90. The highest BCUT2D eigenvalue weighted by atomic mass is 32.2. The van der Waals surface area contributed by atoms with Gasteiger partial charge in [0.1, 0.15) is 5.75 Å². The molecule has 1 unspecified atom stereocenters. The standard InChI is InChI=1S/C12H10F3NO2S/c1-2-10-5-9-6-11(4-3-8(9)7-16-10)18-19(17)12(13,14)15/h3-7H,2H2,1H3. The molecule has 2 rings (SSSR count). The second kappa shape index (κ2) is 5.16. The molecular weight excluding hydrogens is 279 g/mol. The van der Waals surface area contributed by atoms with Gasteiger partial charge in [0.15, 0.2) is 0 Å². The summed E-state index contributed by atoms with van der Waals surface area (Å²) in [4.78, 5) is 4.17. The van der Waals surface area contributed by atoms with E-state index >= 15 is 0 Å². The lowest BCUT2D eigenvalue weighted by Crippen LogP contribution is -2.20. The Balaban J connectivity index is 2.33. The third-order valence-electron chi connectivity index (χ3n) is 2.47. The molecule has 1 atom stereocenters. The molecule has 0 bridgehead atoms. The fourth-order valence-corrected chi connectivity index (χ4v) is 1.92. The number of aryl methyl sites for hydroxylation is 1. The number of hydrogen-bond donors (Lipinski definition) is 0. The number of hydrogen-bond acceptors (Lipinski definition) is 3. The first kappa shape index (κ1) is 13.8. The molecule has 0 saturated heterocycles. The van der Waals surface area contributed by atoms with Crippen molar-refractivity contribution >= 4 is 21.9 Å². The van der Waals surface area contributed by atoms with E-state index in [-0.39, 0.29) is 5.75 Å². The lowest BCUT2D eigenvalue weighted by molar-refractivity contribution is -0.0437. The molecular formula is C12H10F3NO2S. The van der Waals surface area contributed by atoms with Crippen LogP contribution in [0.5, 0.6) is 5.75 Å². The van der Waals surface area contributed by atoms with E-state index in [1.807, 2.05) is 6.92 Å². The largest absolute Gasteiger partial charge is 0.508 e. The van der Waals surface area contributed by atoms with Gasteiger partial charge < -0.3 is 4.18 Å². The van der Waals surface area contributed by atoms with Crippen molar-refractivity contribution in [1.82, 2.24) is 4.98 Å². The van der Waals surface area contributed by atoms with Gasteiger partial charge in [-0.05, 0) is 36.1 Å². The summed E-state index contributed by atoms with van der Waals surface area (Å²) in [6.07, 6.45) is 2.36. The highest BCUT2D eigenvalue weighted by Crippen LogP contribution is 2.26. The molecule has 0 aliphatic carbocycles. The topological polar surface area (TPSA) is 39.2 Å². The zero-order valence-corrected chi connectivity index (χ0v) is 10.7. The Morgan fingerprint density at radius 1 is 1.26 bits per heavy atom. The third kappa shape index (κ3) is 3.23. The second-order valence-corrected chi connectivity index (χ2v) is 4.90. The second-order valence-electron chi connectivity index (χ2n) is 3.80. The van der Waals surface area contributed by atoms with Crippen molar-refractivity contribution < 1.29 is 21.6 Å². The molecule has 0 saturated carbocycles. The number of halogens is 3. The average Bonchev–Trinajstić information content (AvgIpc) is 2.36. The molecule has 0 aliphatic heterocycles. The number of nitrogens with zero attached hydrogens (tertiary/aromatic N) is 1. The normalized spacial score (nSPS) is 13.5. The molecule has 0 radical (unpaired) electrons. The quantitative estimate of drug-likeness (QED) is 0.869. The van der Waals surface area contributed by atoms with E-state index in [2.05, 4.69) is 9.17 Å². The van der Waals surface area contributed by atoms with Crippen LogP contribution in [0.2, 0.25) is 0 Å². The Kier molecular flexibility index (Phi) is 3.75. The molecule has 3 nitrogen and oxygen atoms in total. The van der Waals surface area contributed by atoms with E-state index in [0.717, 1.165) is 17.5 Å². The van der Waals surface area contributed by atoms with Gasteiger partial charge in [0.2, 0.25) is 0 Å². The molecule has 1 aromatic carbocycles. The maximum atomic E-state index is 12.1. The van der Waals surface area contributed by atoms with Crippen molar-refractivity contribution in [2.45, 2.75) is 18.9 Å². The van der Waals surface area contributed by atoms with Crippen molar-refractivity contribution in [2.75, 3.05) is 0 Å². The number of rotatable bonds is 3. The molecule has 0 aliphatic rings. The van der Waals surface area contributed by atoms with Gasteiger partial charge in [0.25, 0.3) is 0 Å². The summed E-state index contributed by atoms with van der Waals surface area (Å²) in [5, 5.41) is 1.48. The van der Waals surface area contributed by atoms with Crippen LogP contribution in [0.15, 0.2) is 30.5 Å². The van der Waals surface area contributed by atoms with Crippen molar-refractivity contribution in [3.8, 4) is 5.75 Å². The van der Waals surface area contributed by atoms with Gasteiger partial charge >= 0.3 is 16.6 Å². The summed E-state index contributed by atoms with van der Waals surface area (Å²) in [5.41, 5.74) is -4.07. The first-order valence-electron chi connectivity index (χ1n) is 5.46. The maximum Gasteiger partial charge on any atom is 0.508 e. The van der Waals surface area contributed by atoms with Crippen LogP contribution in [0.3, 0.4) is 0 Å². The predicted octanol–water partition coefficient (Wildman–Crippen LogP) is 3.36. The van der Waals surface area contributed by atoms with Crippen molar-refractivity contribution in [3.05, 3.63) is 36.2 Å². The molecule has 0 spiro atoms. The van der Waals surface area contributed by atoms with Gasteiger partial charge in [-0.2, -0.15) is 13.2 Å². The third-order valence-corrected chi connectivity index (χ3v) is 3.19. The predicted molar refractivity (Wildman–Crippen MR) is 65.9 cm³/mol. The summed E-state index contributed by atoms with van der Waals surface area (Å²) in [5.74, 6) is -0.0867. The number of fused-ring (bicyclic) bond motifs is 1. The molecule has 1 heterocycles. The van der Waals surface area contributed by atoms with E-state index in [4.69, 9.17) is 0 Å². The number of alkyl halides is 3. The van der Waals surface area contributed by atoms with Crippen LogP contribution in [0.1, 0.15) is 12.6 Å². The van der Waals surface area contributed by atoms with Crippen molar-refractivity contribution in [2.24, 2.45) is 0 Å². The molecule has 0 fully saturated rings. The summed E-state index contributed by atoms with van der Waals surface area (Å²) < 4.78 is 51.6. The Hall–Kier alpha value is -1.63. The van der Waals surface area contributed by atoms with Crippen LogP contribution in [-0.4, -0.2) is 14.7 Å². The van der Waals surface area contributed by atoms with Gasteiger partial charge in [-0.1, -0.05) is 6.92 Å². The van der Waals surface area contributed by atoms with E-state index < -0.39 is 16.6 Å². The van der Waals surface area contributed by atoms with Crippen molar-refractivity contribution in [3.63, 3.8) is 0 Å². The highest BCUT2D eigenvalue weighted by molar-refractivity contribution is 7.81. The van der Waals surface area contributed by atoms with E-state index in [1.54, 1.807) is 18.3 Å². The molecule has 0 N–H and O–H groups in total. The average molecular weight is 289 g/mol. The fraction of sp³-hybridized carbons (Fsp3) is 0.250. The monoisotopic (exact) mass is 289 g/mol.